The molecule has 0 radical (unpaired) electrons. The van der Waals surface area contributed by atoms with Gasteiger partial charge in [0.2, 0.25) is 5.91 Å². The molecule has 130 valence electrons. The van der Waals surface area contributed by atoms with Crippen molar-refractivity contribution in [1.29, 1.82) is 0 Å². The summed E-state index contributed by atoms with van der Waals surface area (Å²) in [5, 5.41) is 2.79. The van der Waals surface area contributed by atoms with E-state index < -0.39 is 5.97 Å². The SMILES string of the molecule is COc1ccc(NC(=O)CN2CC(=O)Oc3ccccc32)c(OC)c1. The molecule has 0 atom stereocenters. The first kappa shape index (κ1) is 16.6. The number of anilines is 2. The van der Waals surface area contributed by atoms with Crippen LogP contribution in [0.25, 0.3) is 0 Å². The molecule has 1 heterocycles. The minimum absolute atomic E-state index is 0.0152. The third kappa shape index (κ3) is 3.65. The lowest BCUT2D eigenvalue weighted by Gasteiger charge is -2.29. The number of para-hydroxylation sites is 2. The van der Waals surface area contributed by atoms with Crippen molar-refractivity contribution in [3.8, 4) is 17.2 Å². The number of ether oxygens (including phenoxy) is 3. The standard InChI is InChI=1S/C18H18N2O5/c1-23-12-7-8-13(16(9-12)24-2)19-17(21)10-20-11-18(22)25-15-6-4-3-5-14(15)20/h3-9H,10-11H2,1-2H3,(H,19,21). The first-order chi connectivity index (χ1) is 12.1. The van der Waals surface area contributed by atoms with Crippen LogP contribution in [-0.4, -0.2) is 39.2 Å². The summed E-state index contributed by atoms with van der Waals surface area (Å²) in [6.45, 7) is 0.0332. The van der Waals surface area contributed by atoms with Crippen LogP contribution >= 0.6 is 0 Å². The molecule has 0 bridgehead atoms. The zero-order valence-electron chi connectivity index (χ0n) is 13.9. The molecule has 1 N–H and O–H groups in total. The molecular formula is C18H18N2O5. The smallest absolute Gasteiger partial charge is 0.331 e. The third-order valence-corrected chi connectivity index (χ3v) is 3.77. The summed E-state index contributed by atoms with van der Waals surface area (Å²) in [6, 6.07) is 12.2. The van der Waals surface area contributed by atoms with E-state index in [0.29, 0.717) is 28.6 Å². The molecular weight excluding hydrogens is 324 g/mol. The molecule has 0 fully saturated rings. The summed E-state index contributed by atoms with van der Waals surface area (Å²) in [6.07, 6.45) is 0. The van der Waals surface area contributed by atoms with Gasteiger partial charge in [-0.15, -0.1) is 0 Å². The van der Waals surface area contributed by atoms with Gasteiger partial charge in [-0.2, -0.15) is 0 Å². The predicted octanol–water partition coefficient (Wildman–Crippen LogP) is 2.07. The van der Waals surface area contributed by atoms with Crippen molar-refractivity contribution in [2.75, 3.05) is 37.5 Å². The number of nitrogens with one attached hydrogen (secondary N) is 1. The number of rotatable bonds is 5. The van der Waals surface area contributed by atoms with Crippen molar-refractivity contribution < 1.29 is 23.8 Å². The van der Waals surface area contributed by atoms with Gasteiger partial charge in [-0.25, -0.2) is 4.79 Å². The Balaban J connectivity index is 1.74. The lowest BCUT2D eigenvalue weighted by molar-refractivity contribution is -0.133. The van der Waals surface area contributed by atoms with E-state index in [2.05, 4.69) is 5.32 Å². The number of carbonyl (C=O) groups excluding carboxylic acids is 2. The molecule has 0 saturated heterocycles. The van der Waals surface area contributed by atoms with Crippen molar-refractivity contribution in [3.63, 3.8) is 0 Å². The second-order valence-corrected chi connectivity index (χ2v) is 5.41. The van der Waals surface area contributed by atoms with Crippen molar-refractivity contribution in [3.05, 3.63) is 42.5 Å². The van der Waals surface area contributed by atoms with Crippen molar-refractivity contribution in [2.24, 2.45) is 0 Å². The number of methoxy groups -OCH3 is 2. The highest BCUT2D eigenvalue weighted by atomic mass is 16.5. The largest absolute Gasteiger partial charge is 0.497 e. The summed E-state index contributed by atoms with van der Waals surface area (Å²) in [5.41, 5.74) is 1.24. The number of carbonyl (C=O) groups is 2. The Morgan fingerprint density at radius 2 is 2.00 bits per heavy atom. The molecule has 7 nitrogen and oxygen atoms in total. The molecule has 7 heteroatoms. The highest BCUT2D eigenvalue weighted by molar-refractivity contribution is 5.97. The summed E-state index contributed by atoms with van der Waals surface area (Å²) in [4.78, 5) is 25.8. The van der Waals surface area contributed by atoms with Crippen LogP contribution in [0.3, 0.4) is 0 Å². The lowest BCUT2D eigenvalue weighted by Crippen LogP contribution is -2.41. The number of nitrogens with zero attached hydrogens (tertiary/aromatic N) is 1. The molecule has 1 amide bonds. The molecule has 3 rings (SSSR count). The van der Waals surface area contributed by atoms with Crippen LogP contribution in [0.2, 0.25) is 0 Å². The van der Waals surface area contributed by atoms with Crippen molar-refractivity contribution in [2.45, 2.75) is 0 Å². The molecule has 1 aliphatic rings. The van der Waals surface area contributed by atoms with Gasteiger partial charge in [-0.3, -0.25) is 4.79 Å². The van der Waals surface area contributed by atoms with E-state index in [4.69, 9.17) is 14.2 Å². The second-order valence-electron chi connectivity index (χ2n) is 5.41. The summed E-state index contributed by atoms with van der Waals surface area (Å²) >= 11 is 0. The number of amides is 1. The molecule has 25 heavy (non-hydrogen) atoms. The van der Waals surface area contributed by atoms with Gasteiger partial charge in [-0.05, 0) is 24.3 Å². The Bertz CT molecular complexity index is 806. The van der Waals surface area contributed by atoms with Gasteiger partial charge < -0.3 is 24.4 Å². The van der Waals surface area contributed by atoms with Crippen LogP contribution in [0.15, 0.2) is 42.5 Å². The average molecular weight is 342 g/mol. The van der Waals surface area contributed by atoms with Gasteiger partial charge in [0, 0.05) is 6.07 Å². The van der Waals surface area contributed by atoms with Crippen molar-refractivity contribution in [1.82, 2.24) is 0 Å². The maximum atomic E-state index is 12.4. The number of benzene rings is 2. The van der Waals surface area contributed by atoms with E-state index in [1.165, 1.54) is 7.11 Å². The monoisotopic (exact) mass is 342 g/mol. The van der Waals surface area contributed by atoms with Gasteiger partial charge in [0.05, 0.1) is 32.1 Å². The van der Waals surface area contributed by atoms with Gasteiger partial charge in [-0.1, -0.05) is 12.1 Å². The van der Waals surface area contributed by atoms with Gasteiger partial charge in [0.15, 0.2) is 5.75 Å². The topological polar surface area (TPSA) is 77.1 Å². The number of hydrogen-bond donors (Lipinski definition) is 1. The fraction of sp³-hybridized carbons (Fsp3) is 0.222. The number of esters is 1. The van der Waals surface area contributed by atoms with Crippen LogP contribution < -0.4 is 24.4 Å². The first-order valence-corrected chi connectivity index (χ1v) is 7.67. The zero-order chi connectivity index (χ0) is 17.8. The fourth-order valence-electron chi connectivity index (χ4n) is 2.61. The molecule has 0 aromatic heterocycles. The quantitative estimate of drug-likeness (QED) is 0.662. The van der Waals surface area contributed by atoms with E-state index in [9.17, 15) is 9.59 Å². The molecule has 0 spiro atoms. The molecule has 2 aromatic rings. The second kappa shape index (κ2) is 7.12. The molecule has 0 unspecified atom stereocenters. The van der Waals surface area contributed by atoms with E-state index in [0.717, 1.165) is 0 Å². The first-order valence-electron chi connectivity index (χ1n) is 7.67. The Hall–Kier alpha value is -3.22. The van der Waals surface area contributed by atoms with Crippen LogP contribution in [0.1, 0.15) is 0 Å². The summed E-state index contributed by atoms with van der Waals surface area (Å²) < 4.78 is 15.6. The number of hydrogen-bond acceptors (Lipinski definition) is 6. The minimum Gasteiger partial charge on any atom is -0.497 e. The molecule has 0 saturated carbocycles. The maximum Gasteiger partial charge on any atom is 0.331 e. The molecule has 0 aliphatic carbocycles. The van der Waals surface area contributed by atoms with Gasteiger partial charge in [0.1, 0.15) is 18.0 Å². The van der Waals surface area contributed by atoms with Crippen LogP contribution in [0.5, 0.6) is 17.2 Å². The maximum absolute atomic E-state index is 12.4. The molecule has 1 aliphatic heterocycles. The van der Waals surface area contributed by atoms with Crippen LogP contribution in [-0.2, 0) is 9.59 Å². The zero-order valence-corrected chi connectivity index (χ0v) is 13.9. The highest BCUT2D eigenvalue weighted by Crippen LogP contribution is 2.32. The van der Waals surface area contributed by atoms with Crippen molar-refractivity contribution >= 4 is 23.3 Å². The van der Waals surface area contributed by atoms with Gasteiger partial charge in [0.25, 0.3) is 0 Å². The highest BCUT2D eigenvalue weighted by Gasteiger charge is 2.25. The van der Waals surface area contributed by atoms with Crippen LogP contribution in [0.4, 0.5) is 11.4 Å². The predicted molar refractivity (Wildman–Crippen MR) is 92.5 cm³/mol. The van der Waals surface area contributed by atoms with E-state index in [1.807, 2.05) is 12.1 Å². The van der Waals surface area contributed by atoms with E-state index in [-0.39, 0.29) is 19.0 Å². The Labute approximate surface area is 145 Å². The van der Waals surface area contributed by atoms with Crippen LogP contribution in [0, 0.1) is 0 Å². The Kier molecular flexibility index (Phi) is 4.74. The Morgan fingerprint density at radius 1 is 1.20 bits per heavy atom. The minimum atomic E-state index is -0.395. The van der Waals surface area contributed by atoms with E-state index in [1.54, 1.807) is 42.3 Å². The Morgan fingerprint density at radius 3 is 2.76 bits per heavy atom. The molecule has 2 aromatic carbocycles. The van der Waals surface area contributed by atoms with E-state index >= 15 is 0 Å². The normalized spacial score (nSPS) is 12.9. The average Bonchev–Trinajstić information content (AvgIpc) is 2.61. The summed E-state index contributed by atoms with van der Waals surface area (Å²) in [5.74, 6) is 0.906. The lowest BCUT2D eigenvalue weighted by atomic mass is 10.2. The van der Waals surface area contributed by atoms with Gasteiger partial charge >= 0.3 is 5.97 Å². The third-order valence-electron chi connectivity index (χ3n) is 3.77. The number of fused-ring (bicyclic) bond motifs is 1. The summed E-state index contributed by atoms with van der Waals surface area (Å²) in [7, 11) is 3.07. The fourth-order valence-corrected chi connectivity index (χ4v) is 2.61.